The summed E-state index contributed by atoms with van der Waals surface area (Å²) in [4.78, 5) is 7.24. The second-order valence-corrected chi connectivity index (χ2v) is 11.9. The molecule has 0 unspecified atom stereocenters. The highest BCUT2D eigenvalue weighted by atomic mass is 32.2. The lowest BCUT2D eigenvalue weighted by molar-refractivity contribution is 0.170. The quantitative estimate of drug-likeness (QED) is 0.390. The number of halogens is 1. The van der Waals surface area contributed by atoms with Crippen LogP contribution in [-0.2, 0) is 17.1 Å². The number of aromatic nitrogens is 4. The van der Waals surface area contributed by atoms with Crippen molar-refractivity contribution in [1.29, 1.82) is 0 Å². The standard InChI is InChI=1S/C27H30FN5O2S/c1-31-16-21(15-30-31)26-18-33(36(34,35)24-5-3-2-4-6-24)27-25(26)13-20(14-29-27)19-7-9-23(10-8-19)32-12-11-22(28)17-32/h2-6,13-16,18-19,22-23H,7-12,17H2,1H3/t19-,22-,23-/m1/s1. The summed E-state index contributed by atoms with van der Waals surface area (Å²) in [5.41, 5.74) is 3.20. The Bertz CT molecular complexity index is 1490. The molecule has 36 heavy (non-hydrogen) atoms. The first-order valence-corrected chi connectivity index (χ1v) is 14.0. The third kappa shape index (κ3) is 4.14. The Morgan fingerprint density at radius 1 is 1.00 bits per heavy atom. The topological polar surface area (TPSA) is 73.0 Å². The number of benzene rings is 1. The van der Waals surface area contributed by atoms with Gasteiger partial charge in [0.1, 0.15) is 6.17 Å². The first-order valence-electron chi connectivity index (χ1n) is 12.6. The molecular weight excluding hydrogens is 477 g/mol. The molecule has 6 rings (SSSR count). The SMILES string of the molecule is Cn1cc(-c2cn(S(=O)(=O)c3ccccc3)c3ncc([C@H]4CC[C@H](N5CC[C@@H](F)C5)CC4)cc23)cn1. The Morgan fingerprint density at radius 3 is 2.44 bits per heavy atom. The monoisotopic (exact) mass is 507 g/mol. The van der Waals surface area contributed by atoms with Gasteiger partial charge in [0, 0.05) is 61.3 Å². The lowest BCUT2D eigenvalue weighted by atomic mass is 9.81. The minimum absolute atomic E-state index is 0.223. The van der Waals surface area contributed by atoms with Crippen molar-refractivity contribution >= 4 is 21.1 Å². The fraction of sp³-hybridized carbons (Fsp3) is 0.407. The van der Waals surface area contributed by atoms with Crippen LogP contribution in [0.2, 0.25) is 0 Å². The number of alkyl halides is 1. The number of hydrogen-bond donors (Lipinski definition) is 0. The van der Waals surface area contributed by atoms with Crippen molar-refractivity contribution in [2.45, 2.75) is 55.1 Å². The Kier molecular flexibility index (Phi) is 5.92. The molecule has 9 heteroatoms. The van der Waals surface area contributed by atoms with Crippen molar-refractivity contribution in [3.63, 3.8) is 0 Å². The molecule has 1 aromatic carbocycles. The summed E-state index contributed by atoms with van der Waals surface area (Å²) in [6.45, 7) is 1.43. The normalized spacial score (nSPS) is 23.4. The van der Waals surface area contributed by atoms with Crippen LogP contribution in [-0.4, -0.2) is 57.4 Å². The summed E-state index contributed by atoms with van der Waals surface area (Å²) in [5, 5.41) is 5.11. The van der Waals surface area contributed by atoms with Gasteiger partial charge < -0.3 is 0 Å². The summed E-state index contributed by atoms with van der Waals surface area (Å²) >= 11 is 0. The zero-order valence-electron chi connectivity index (χ0n) is 20.3. The van der Waals surface area contributed by atoms with E-state index in [0.29, 0.717) is 30.6 Å². The van der Waals surface area contributed by atoms with E-state index in [9.17, 15) is 12.8 Å². The molecule has 4 aromatic rings. The van der Waals surface area contributed by atoms with Gasteiger partial charge in [0.05, 0.1) is 11.1 Å². The summed E-state index contributed by atoms with van der Waals surface area (Å²) < 4.78 is 43.8. The highest BCUT2D eigenvalue weighted by Crippen LogP contribution is 2.39. The average molecular weight is 508 g/mol. The van der Waals surface area contributed by atoms with Crippen molar-refractivity contribution in [3.05, 3.63) is 66.7 Å². The van der Waals surface area contributed by atoms with Gasteiger partial charge >= 0.3 is 0 Å². The molecule has 1 aliphatic heterocycles. The van der Waals surface area contributed by atoms with Crippen molar-refractivity contribution in [1.82, 2.24) is 23.6 Å². The first-order chi connectivity index (χ1) is 17.4. The molecule has 0 N–H and O–H groups in total. The molecule has 4 heterocycles. The predicted molar refractivity (Wildman–Crippen MR) is 137 cm³/mol. The predicted octanol–water partition coefficient (Wildman–Crippen LogP) is 4.74. The molecule has 188 valence electrons. The third-order valence-electron chi connectivity index (χ3n) is 7.80. The summed E-state index contributed by atoms with van der Waals surface area (Å²) in [6.07, 6.45) is 11.3. The van der Waals surface area contributed by atoms with Gasteiger partial charge in [-0.25, -0.2) is 21.8 Å². The largest absolute Gasteiger partial charge is 0.297 e. The Hall–Kier alpha value is -3.04. The van der Waals surface area contributed by atoms with Crippen molar-refractivity contribution in [2.75, 3.05) is 13.1 Å². The number of aryl methyl sites for hydroxylation is 1. The van der Waals surface area contributed by atoms with Gasteiger partial charge in [-0.2, -0.15) is 5.10 Å². The Labute approximate surface area is 210 Å². The van der Waals surface area contributed by atoms with Gasteiger partial charge in [-0.05, 0) is 61.8 Å². The van der Waals surface area contributed by atoms with Crippen LogP contribution in [0.1, 0.15) is 43.6 Å². The zero-order chi connectivity index (χ0) is 24.9. The molecule has 1 saturated heterocycles. The van der Waals surface area contributed by atoms with Crippen LogP contribution in [0.5, 0.6) is 0 Å². The Morgan fingerprint density at radius 2 is 1.78 bits per heavy atom. The number of fused-ring (bicyclic) bond motifs is 1. The minimum atomic E-state index is -3.81. The fourth-order valence-corrected chi connectivity index (χ4v) is 7.19. The van der Waals surface area contributed by atoms with E-state index >= 15 is 0 Å². The van der Waals surface area contributed by atoms with E-state index < -0.39 is 16.2 Å². The van der Waals surface area contributed by atoms with Gasteiger partial charge in [0.15, 0.2) is 5.65 Å². The van der Waals surface area contributed by atoms with E-state index in [1.807, 2.05) is 19.4 Å². The number of pyridine rings is 1. The van der Waals surface area contributed by atoms with Crippen molar-refractivity contribution in [2.24, 2.45) is 7.05 Å². The lowest BCUT2D eigenvalue weighted by Crippen LogP contribution is -2.36. The molecule has 3 aromatic heterocycles. The van der Waals surface area contributed by atoms with Crippen LogP contribution >= 0.6 is 0 Å². The van der Waals surface area contributed by atoms with Crippen LogP contribution in [0.4, 0.5) is 4.39 Å². The second-order valence-electron chi connectivity index (χ2n) is 10.1. The summed E-state index contributed by atoms with van der Waals surface area (Å²) in [7, 11) is -1.97. The van der Waals surface area contributed by atoms with Gasteiger partial charge in [-0.1, -0.05) is 18.2 Å². The third-order valence-corrected chi connectivity index (χ3v) is 9.46. The Balaban J connectivity index is 1.36. The van der Waals surface area contributed by atoms with E-state index in [-0.39, 0.29) is 4.90 Å². The van der Waals surface area contributed by atoms with Crippen LogP contribution in [0.15, 0.2) is 66.1 Å². The van der Waals surface area contributed by atoms with Crippen LogP contribution in [0.3, 0.4) is 0 Å². The fourth-order valence-electron chi connectivity index (χ4n) is 5.85. The number of rotatable bonds is 5. The minimum Gasteiger partial charge on any atom is -0.297 e. The highest BCUT2D eigenvalue weighted by molar-refractivity contribution is 7.90. The van der Waals surface area contributed by atoms with Crippen LogP contribution < -0.4 is 0 Å². The molecule has 0 amide bonds. The summed E-state index contributed by atoms with van der Waals surface area (Å²) in [5.74, 6) is 0.359. The van der Waals surface area contributed by atoms with Gasteiger partial charge in [-0.3, -0.25) is 9.58 Å². The smallest absolute Gasteiger partial charge is 0.269 e. The first kappa shape index (κ1) is 23.4. The number of nitrogens with zero attached hydrogens (tertiary/aromatic N) is 5. The van der Waals surface area contributed by atoms with Crippen LogP contribution in [0, 0.1) is 0 Å². The van der Waals surface area contributed by atoms with E-state index in [2.05, 4.69) is 16.1 Å². The number of hydrogen-bond acceptors (Lipinski definition) is 5. The average Bonchev–Trinajstić information content (AvgIpc) is 3.62. The molecule has 0 bridgehead atoms. The molecule has 0 radical (unpaired) electrons. The lowest BCUT2D eigenvalue weighted by Gasteiger charge is -2.34. The highest BCUT2D eigenvalue weighted by Gasteiger charge is 2.32. The molecule has 1 aliphatic carbocycles. The maximum Gasteiger partial charge on any atom is 0.269 e. The van der Waals surface area contributed by atoms with E-state index in [0.717, 1.165) is 54.3 Å². The molecular formula is C27H30FN5O2S. The van der Waals surface area contributed by atoms with Crippen molar-refractivity contribution in [3.8, 4) is 11.1 Å². The van der Waals surface area contributed by atoms with Gasteiger partial charge in [0.2, 0.25) is 0 Å². The molecule has 2 fully saturated rings. The number of likely N-dealkylation sites (tertiary alicyclic amines) is 1. The molecule has 7 nitrogen and oxygen atoms in total. The van der Waals surface area contributed by atoms with Crippen LogP contribution in [0.25, 0.3) is 22.2 Å². The van der Waals surface area contributed by atoms with E-state index in [1.54, 1.807) is 47.4 Å². The molecule has 2 aliphatic rings. The molecule has 1 atom stereocenters. The van der Waals surface area contributed by atoms with E-state index in [1.165, 1.54) is 3.97 Å². The molecule has 1 saturated carbocycles. The van der Waals surface area contributed by atoms with E-state index in [4.69, 9.17) is 4.98 Å². The van der Waals surface area contributed by atoms with Crippen molar-refractivity contribution < 1.29 is 12.8 Å². The van der Waals surface area contributed by atoms with Gasteiger partial charge in [-0.15, -0.1) is 0 Å². The maximum absolute atomic E-state index is 13.7. The second kappa shape index (κ2) is 9.12. The zero-order valence-corrected chi connectivity index (χ0v) is 21.1. The summed E-state index contributed by atoms with van der Waals surface area (Å²) in [6, 6.07) is 11.0. The molecule has 0 spiro atoms. The van der Waals surface area contributed by atoms with Gasteiger partial charge in [0.25, 0.3) is 10.0 Å². The maximum atomic E-state index is 13.7.